The van der Waals surface area contributed by atoms with Crippen LogP contribution >= 0.6 is 11.8 Å². The number of ether oxygens (including phenoxy) is 1. The van der Waals surface area contributed by atoms with Crippen molar-refractivity contribution in [3.8, 4) is 11.4 Å². The zero-order valence-electron chi connectivity index (χ0n) is 16.2. The molecular formula is C18H24N4O4S2. The van der Waals surface area contributed by atoms with Crippen molar-refractivity contribution in [2.45, 2.75) is 42.8 Å². The van der Waals surface area contributed by atoms with Gasteiger partial charge >= 0.3 is 5.97 Å². The molecule has 0 amide bonds. The summed E-state index contributed by atoms with van der Waals surface area (Å²) in [7, 11) is -1.63. The van der Waals surface area contributed by atoms with Crippen molar-refractivity contribution < 1.29 is 17.9 Å². The smallest absolute Gasteiger partial charge is 0.316 e. The second kappa shape index (κ2) is 8.62. The van der Waals surface area contributed by atoms with E-state index in [2.05, 4.69) is 10.2 Å². The van der Waals surface area contributed by atoms with Crippen molar-refractivity contribution in [2.75, 3.05) is 18.8 Å². The summed E-state index contributed by atoms with van der Waals surface area (Å²) in [6, 6.07) is 6.66. The van der Waals surface area contributed by atoms with Gasteiger partial charge in [0.15, 0.2) is 11.0 Å². The van der Waals surface area contributed by atoms with Gasteiger partial charge in [0.2, 0.25) is 10.0 Å². The molecule has 1 aliphatic rings. The average molecular weight is 425 g/mol. The Balaban J connectivity index is 1.72. The molecule has 1 aliphatic heterocycles. The van der Waals surface area contributed by atoms with Crippen molar-refractivity contribution in [3.63, 3.8) is 0 Å². The van der Waals surface area contributed by atoms with Crippen LogP contribution in [0.4, 0.5) is 0 Å². The lowest BCUT2D eigenvalue weighted by Gasteiger charge is -2.15. The Morgan fingerprint density at radius 3 is 2.43 bits per heavy atom. The van der Waals surface area contributed by atoms with E-state index in [0.717, 1.165) is 18.4 Å². The number of rotatable bonds is 7. The number of thioether (sulfide) groups is 1. The second-order valence-electron chi connectivity index (χ2n) is 6.83. The van der Waals surface area contributed by atoms with Crippen LogP contribution in [0, 0.1) is 0 Å². The van der Waals surface area contributed by atoms with E-state index in [0.29, 0.717) is 24.1 Å². The Morgan fingerprint density at radius 2 is 1.82 bits per heavy atom. The number of hydrogen-bond acceptors (Lipinski definition) is 7. The molecule has 8 nitrogen and oxygen atoms in total. The van der Waals surface area contributed by atoms with E-state index in [1.807, 2.05) is 0 Å². The summed E-state index contributed by atoms with van der Waals surface area (Å²) < 4.78 is 33.7. The van der Waals surface area contributed by atoms with Gasteiger partial charge in [-0.15, -0.1) is 10.2 Å². The van der Waals surface area contributed by atoms with Gasteiger partial charge in [-0.1, -0.05) is 11.8 Å². The number of esters is 1. The number of carbonyl (C=O) groups excluding carboxylic acids is 1. The number of benzene rings is 1. The molecule has 3 rings (SSSR count). The third-order valence-corrected chi connectivity index (χ3v) is 7.24. The van der Waals surface area contributed by atoms with Crippen molar-refractivity contribution in [3.05, 3.63) is 24.3 Å². The summed E-state index contributed by atoms with van der Waals surface area (Å²) in [6.07, 6.45) is 1.65. The molecule has 0 radical (unpaired) electrons. The lowest BCUT2D eigenvalue weighted by atomic mass is 10.2. The highest BCUT2D eigenvalue weighted by Gasteiger charge is 2.27. The van der Waals surface area contributed by atoms with Gasteiger partial charge in [-0.05, 0) is 51.0 Å². The van der Waals surface area contributed by atoms with Crippen molar-refractivity contribution >= 4 is 27.8 Å². The number of carbonyl (C=O) groups is 1. The second-order valence-corrected chi connectivity index (χ2v) is 9.71. The molecule has 0 saturated carbocycles. The van der Waals surface area contributed by atoms with E-state index >= 15 is 0 Å². The van der Waals surface area contributed by atoms with Crippen LogP contribution in [0.5, 0.6) is 0 Å². The van der Waals surface area contributed by atoms with Crippen LogP contribution in [0.2, 0.25) is 0 Å². The van der Waals surface area contributed by atoms with Gasteiger partial charge < -0.3 is 9.30 Å². The predicted molar refractivity (Wildman–Crippen MR) is 106 cm³/mol. The molecule has 0 atom stereocenters. The molecule has 1 aromatic heterocycles. The Labute approximate surface area is 169 Å². The van der Waals surface area contributed by atoms with Crippen molar-refractivity contribution in [1.29, 1.82) is 0 Å². The first-order valence-corrected chi connectivity index (χ1v) is 11.5. The lowest BCUT2D eigenvalue weighted by Crippen LogP contribution is -2.27. The van der Waals surface area contributed by atoms with Crippen LogP contribution in [0.25, 0.3) is 11.4 Å². The summed E-state index contributed by atoms with van der Waals surface area (Å²) in [5.74, 6) is 0.447. The Hall–Kier alpha value is -1.91. The Bertz CT molecular complexity index is 933. The molecule has 2 heterocycles. The van der Waals surface area contributed by atoms with Crippen LogP contribution in [0.15, 0.2) is 34.3 Å². The molecule has 0 spiro atoms. The van der Waals surface area contributed by atoms with E-state index in [4.69, 9.17) is 4.74 Å². The van der Waals surface area contributed by atoms with Gasteiger partial charge in [0.25, 0.3) is 0 Å². The van der Waals surface area contributed by atoms with E-state index in [9.17, 15) is 13.2 Å². The maximum Gasteiger partial charge on any atom is 0.316 e. The molecule has 2 aromatic rings. The molecule has 1 aromatic carbocycles. The Kier molecular flexibility index (Phi) is 6.41. The zero-order chi connectivity index (χ0) is 20.3. The number of nitrogens with zero attached hydrogens (tertiary/aromatic N) is 4. The van der Waals surface area contributed by atoms with Gasteiger partial charge in [-0.25, -0.2) is 8.42 Å². The maximum atomic E-state index is 12.6. The lowest BCUT2D eigenvalue weighted by molar-refractivity contribution is -0.144. The third-order valence-electron chi connectivity index (χ3n) is 4.34. The van der Waals surface area contributed by atoms with Gasteiger partial charge in [0, 0.05) is 25.7 Å². The monoisotopic (exact) mass is 424 g/mol. The van der Waals surface area contributed by atoms with Gasteiger partial charge in [0.05, 0.1) is 16.8 Å². The third kappa shape index (κ3) is 4.56. The molecule has 1 saturated heterocycles. The summed E-state index contributed by atoms with van der Waals surface area (Å²) in [5.41, 5.74) is 0.756. The largest absolute Gasteiger partial charge is 0.462 e. The van der Waals surface area contributed by atoms with Gasteiger partial charge in [-0.3, -0.25) is 4.79 Å². The molecule has 0 unspecified atom stereocenters. The van der Waals surface area contributed by atoms with Crippen LogP contribution < -0.4 is 0 Å². The quantitative estimate of drug-likeness (QED) is 0.497. The fourth-order valence-electron chi connectivity index (χ4n) is 2.97. The molecule has 0 N–H and O–H groups in total. The molecule has 28 heavy (non-hydrogen) atoms. The summed E-state index contributed by atoms with van der Waals surface area (Å²) in [5, 5.41) is 8.88. The number of sulfonamides is 1. The molecule has 1 fully saturated rings. The van der Waals surface area contributed by atoms with Crippen LogP contribution in [0.3, 0.4) is 0 Å². The Morgan fingerprint density at radius 1 is 1.18 bits per heavy atom. The topological polar surface area (TPSA) is 94.4 Å². The fourth-order valence-corrected chi connectivity index (χ4v) is 5.18. The summed E-state index contributed by atoms with van der Waals surface area (Å²) >= 11 is 1.25. The first kappa shape index (κ1) is 20.8. The molecule has 0 bridgehead atoms. The summed E-state index contributed by atoms with van der Waals surface area (Å²) in [6.45, 7) is 4.76. The van der Waals surface area contributed by atoms with Crippen molar-refractivity contribution in [1.82, 2.24) is 19.1 Å². The van der Waals surface area contributed by atoms with Crippen molar-refractivity contribution in [2.24, 2.45) is 7.05 Å². The zero-order valence-corrected chi connectivity index (χ0v) is 17.8. The minimum absolute atomic E-state index is 0.150. The first-order valence-electron chi connectivity index (χ1n) is 9.11. The van der Waals surface area contributed by atoms with Crippen LogP contribution in [0.1, 0.15) is 26.7 Å². The number of hydrogen-bond donors (Lipinski definition) is 0. The highest BCUT2D eigenvalue weighted by atomic mass is 32.2. The maximum absolute atomic E-state index is 12.6. The highest BCUT2D eigenvalue weighted by Crippen LogP contribution is 2.26. The highest BCUT2D eigenvalue weighted by molar-refractivity contribution is 7.99. The van der Waals surface area contributed by atoms with Gasteiger partial charge in [-0.2, -0.15) is 4.31 Å². The average Bonchev–Trinajstić information content (AvgIpc) is 3.30. The SMILES string of the molecule is CC(C)OC(=O)CSc1nnc(-c2ccc(S(=O)(=O)N3CCCC3)cc2)n1C. The van der Waals surface area contributed by atoms with E-state index in [-0.39, 0.29) is 22.7 Å². The van der Waals surface area contributed by atoms with Gasteiger partial charge in [0.1, 0.15) is 0 Å². The number of aromatic nitrogens is 3. The minimum Gasteiger partial charge on any atom is -0.462 e. The van der Waals surface area contributed by atoms with E-state index < -0.39 is 10.0 Å². The standard InChI is InChI=1S/C18H24N4O4S2/c1-13(2)26-16(23)12-27-18-20-19-17(21(18)3)14-6-8-15(9-7-14)28(24,25)22-10-4-5-11-22/h6-9,13H,4-5,10-12H2,1-3H3. The molecule has 152 valence electrons. The summed E-state index contributed by atoms with van der Waals surface area (Å²) in [4.78, 5) is 12.0. The normalized spacial score (nSPS) is 15.3. The molecule has 0 aliphatic carbocycles. The first-order chi connectivity index (χ1) is 13.3. The van der Waals surface area contributed by atoms with E-state index in [1.54, 1.807) is 49.7 Å². The predicted octanol–water partition coefficient (Wildman–Crippen LogP) is 2.31. The fraction of sp³-hybridized carbons (Fsp3) is 0.500. The molecule has 10 heteroatoms. The minimum atomic E-state index is -3.44. The van der Waals surface area contributed by atoms with E-state index in [1.165, 1.54) is 16.1 Å². The van der Waals surface area contributed by atoms with Crippen LogP contribution in [-0.4, -0.2) is 58.4 Å². The van der Waals surface area contributed by atoms with Crippen LogP contribution in [-0.2, 0) is 26.6 Å². The molecular weight excluding hydrogens is 400 g/mol.